The predicted octanol–water partition coefficient (Wildman–Crippen LogP) is 6.04. The van der Waals surface area contributed by atoms with E-state index in [1.54, 1.807) is 0 Å². The smallest absolute Gasteiger partial charge is 0.0898 e. The summed E-state index contributed by atoms with van der Waals surface area (Å²) in [5.41, 5.74) is 2.36. The van der Waals surface area contributed by atoms with Crippen LogP contribution in [-0.2, 0) is 11.2 Å². The highest BCUT2D eigenvalue weighted by Crippen LogP contribution is 2.43. The van der Waals surface area contributed by atoms with Gasteiger partial charge in [0.05, 0.1) is 18.8 Å². The van der Waals surface area contributed by atoms with Gasteiger partial charge in [0, 0.05) is 16.6 Å². The van der Waals surface area contributed by atoms with Crippen molar-refractivity contribution in [3.8, 4) is 0 Å². The first kappa shape index (κ1) is 22.5. The Morgan fingerprint density at radius 3 is 2.55 bits per heavy atom. The highest BCUT2D eigenvalue weighted by molar-refractivity contribution is 9.10. The van der Waals surface area contributed by atoms with Gasteiger partial charge in [0.2, 0.25) is 0 Å². The Bertz CT molecular complexity index is 1010. The number of hydrogen-bond acceptors (Lipinski definition) is 3. The van der Waals surface area contributed by atoms with Crippen LogP contribution in [0, 0.1) is 5.92 Å². The number of halogens is 1. The lowest BCUT2D eigenvalue weighted by Gasteiger charge is -2.29. The number of aliphatic hydroxyl groups is 1. The molecule has 0 aliphatic heterocycles. The van der Waals surface area contributed by atoms with E-state index in [1.807, 2.05) is 12.1 Å². The molecule has 0 saturated heterocycles. The van der Waals surface area contributed by atoms with Crippen LogP contribution >= 0.6 is 15.9 Å². The van der Waals surface area contributed by atoms with Crippen LogP contribution < -0.4 is 5.32 Å². The Labute approximate surface area is 194 Å². The van der Waals surface area contributed by atoms with E-state index in [0.717, 1.165) is 10.9 Å². The quantitative estimate of drug-likeness (QED) is 0.370. The van der Waals surface area contributed by atoms with Crippen LogP contribution in [0.25, 0.3) is 10.8 Å². The minimum absolute atomic E-state index is 0.0674. The van der Waals surface area contributed by atoms with Crippen LogP contribution in [0.4, 0.5) is 0 Å². The Morgan fingerprint density at radius 1 is 1.03 bits per heavy atom. The lowest BCUT2D eigenvalue weighted by Crippen LogP contribution is -2.46. The Morgan fingerprint density at radius 2 is 1.81 bits per heavy atom. The topological polar surface area (TPSA) is 41.5 Å². The van der Waals surface area contributed by atoms with Crippen LogP contribution in [-0.4, -0.2) is 29.9 Å². The van der Waals surface area contributed by atoms with Gasteiger partial charge in [-0.2, -0.15) is 0 Å². The summed E-state index contributed by atoms with van der Waals surface area (Å²) in [7, 11) is 0. The van der Waals surface area contributed by atoms with Crippen molar-refractivity contribution in [2.45, 2.75) is 50.9 Å². The number of β-amino-alcohol motifs (C(OH)–C–C–N with tert-alkyl or cyclic N) is 1. The molecule has 0 heterocycles. The molecule has 0 radical (unpaired) electrons. The molecule has 1 aliphatic carbocycles. The van der Waals surface area contributed by atoms with E-state index in [4.69, 9.17) is 4.74 Å². The Kier molecular flexibility index (Phi) is 7.12. The van der Waals surface area contributed by atoms with Crippen molar-refractivity contribution < 1.29 is 9.84 Å². The summed E-state index contributed by atoms with van der Waals surface area (Å²) >= 11 is 3.55. The summed E-state index contributed by atoms with van der Waals surface area (Å²) in [5, 5.41) is 16.6. The fraction of sp³-hybridized carbons (Fsp3) is 0.407. The van der Waals surface area contributed by atoms with Crippen molar-refractivity contribution in [1.82, 2.24) is 5.32 Å². The monoisotopic (exact) mass is 481 g/mol. The van der Waals surface area contributed by atoms with Crippen molar-refractivity contribution in [3.63, 3.8) is 0 Å². The van der Waals surface area contributed by atoms with E-state index in [-0.39, 0.29) is 11.6 Å². The average Bonchev–Trinajstić information content (AvgIpc) is 3.57. The van der Waals surface area contributed by atoms with Crippen LogP contribution in [0.2, 0.25) is 0 Å². The van der Waals surface area contributed by atoms with E-state index in [0.29, 0.717) is 19.1 Å². The van der Waals surface area contributed by atoms with Crippen molar-refractivity contribution in [1.29, 1.82) is 0 Å². The number of aliphatic hydroxyl groups excluding tert-OH is 1. The zero-order valence-electron chi connectivity index (χ0n) is 18.4. The lowest BCUT2D eigenvalue weighted by molar-refractivity contribution is -0.0211. The summed E-state index contributed by atoms with van der Waals surface area (Å²) in [6, 6.07) is 23.4. The minimum atomic E-state index is -0.538. The molecule has 3 aromatic rings. The lowest BCUT2D eigenvalue weighted by atomic mass is 9.93. The van der Waals surface area contributed by atoms with E-state index < -0.39 is 6.10 Å². The third kappa shape index (κ3) is 6.39. The van der Waals surface area contributed by atoms with Gasteiger partial charge in [0.15, 0.2) is 0 Å². The zero-order chi connectivity index (χ0) is 21.8. The van der Waals surface area contributed by atoms with Gasteiger partial charge in [-0.3, -0.25) is 0 Å². The molecule has 0 bridgehead atoms. The predicted molar refractivity (Wildman–Crippen MR) is 131 cm³/mol. The summed E-state index contributed by atoms with van der Waals surface area (Å²) in [6.45, 7) is 5.22. The van der Waals surface area contributed by atoms with E-state index in [2.05, 4.69) is 89.7 Å². The molecule has 0 aromatic heterocycles. The second-order valence-electron chi connectivity index (χ2n) is 9.42. The molecule has 1 saturated carbocycles. The van der Waals surface area contributed by atoms with Gasteiger partial charge >= 0.3 is 0 Å². The standard InChI is InChI=1S/C27H32BrNO2/c1-27(2,16-19-10-11-20-6-3-4-7-22(20)14-19)29-17-25(30)18-31-26(21-12-13-21)23-8-5-9-24(28)15-23/h3-11,14-15,21,25-26,29-30H,12-13,16-18H2,1-2H3. The molecule has 164 valence electrons. The van der Waals surface area contributed by atoms with Crippen molar-refractivity contribution in [2.24, 2.45) is 5.92 Å². The summed E-state index contributed by atoms with van der Waals surface area (Å²) in [5.74, 6) is 0.568. The third-order valence-corrected chi connectivity index (χ3v) is 6.46. The molecule has 4 rings (SSSR count). The maximum atomic E-state index is 10.6. The molecular formula is C27H32BrNO2. The molecule has 3 nitrogen and oxygen atoms in total. The minimum Gasteiger partial charge on any atom is -0.389 e. The third-order valence-electron chi connectivity index (χ3n) is 5.97. The number of ether oxygens (including phenoxy) is 1. The van der Waals surface area contributed by atoms with Gasteiger partial charge in [-0.15, -0.1) is 0 Å². The van der Waals surface area contributed by atoms with Gasteiger partial charge in [-0.05, 0) is 73.1 Å². The van der Waals surface area contributed by atoms with Crippen LogP contribution in [0.15, 0.2) is 71.2 Å². The molecule has 0 amide bonds. The highest BCUT2D eigenvalue weighted by atomic mass is 79.9. The fourth-order valence-corrected chi connectivity index (χ4v) is 4.59. The Hall–Kier alpha value is -1.72. The van der Waals surface area contributed by atoms with Gasteiger partial charge in [0.1, 0.15) is 0 Å². The second kappa shape index (κ2) is 9.83. The van der Waals surface area contributed by atoms with Crippen LogP contribution in [0.1, 0.15) is 43.9 Å². The molecule has 2 atom stereocenters. The molecule has 2 N–H and O–H groups in total. The molecule has 3 aromatic carbocycles. The van der Waals surface area contributed by atoms with Crippen LogP contribution in [0.5, 0.6) is 0 Å². The molecule has 31 heavy (non-hydrogen) atoms. The number of benzene rings is 3. The summed E-state index contributed by atoms with van der Waals surface area (Å²) in [4.78, 5) is 0. The average molecular weight is 482 g/mol. The maximum absolute atomic E-state index is 10.6. The first-order chi connectivity index (χ1) is 14.9. The second-order valence-corrected chi connectivity index (χ2v) is 10.3. The SMILES string of the molecule is CC(C)(Cc1ccc2ccccc2c1)NCC(O)COC(c1cccc(Br)c1)C1CC1. The van der Waals surface area contributed by atoms with Gasteiger partial charge in [-0.25, -0.2) is 0 Å². The van der Waals surface area contributed by atoms with Crippen molar-refractivity contribution in [2.75, 3.05) is 13.2 Å². The van der Waals surface area contributed by atoms with Gasteiger partial charge in [-0.1, -0.05) is 70.5 Å². The molecule has 0 spiro atoms. The number of fused-ring (bicyclic) bond motifs is 1. The molecule has 1 fully saturated rings. The van der Waals surface area contributed by atoms with Gasteiger partial charge in [0.25, 0.3) is 0 Å². The number of hydrogen-bond donors (Lipinski definition) is 2. The van der Waals surface area contributed by atoms with E-state index >= 15 is 0 Å². The van der Waals surface area contributed by atoms with E-state index in [1.165, 1.54) is 34.7 Å². The van der Waals surface area contributed by atoms with Crippen molar-refractivity contribution >= 4 is 26.7 Å². The van der Waals surface area contributed by atoms with Gasteiger partial charge < -0.3 is 15.2 Å². The number of rotatable bonds is 10. The molecule has 1 aliphatic rings. The summed E-state index contributed by atoms with van der Waals surface area (Å²) in [6.07, 6.45) is 2.82. The normalized spacial score (nSPS) is 16.4. The van der Waals surface area contributed by atoms with Crippen molar-refractivity contribution in [3.05, 3.63) is 82.3 Å². The first-order valence-electron chi connectivity index (χ1n) is 11.2. The van der Waals surface area contributed by atoms with E-state index in [9.17, 15) is 5.11 Å². The molecule has 4 heteroatoms. The highest BCUT2D eigenvalue weighted by Gasteiger charge is 2.33. The Balaban J connectivity index is 1.29. The fourth-order valence-electron chi connectivity index (χ4n) is 4.18. The molecule has 2 unspecified atom stereocenters. The largest absolute Gasteiger partial charge is 0.389 e. The first-order valence-corrected chi connectivity index (χ1v) is 12.0. The number of nitrogens with one attached hydrogen (secondary N) is 1. The molecular weight excluding hydrogens is 450 g/mol. The summed E-state index contributed by atoms with van der Waals surface area (Å²) < 4.78 is 7.26. The maximum Gasteiger partial charge on any atom is 0.0898 e. The zero-order valence-corrected chi connectivity index (χ0v) is 19.9. The van der Waals surface area contributed by atoms with Crippen LogP contribution in [0.3, 0.4) is 0 Å².